The molecular formula is C22H24FN3O. The van der Waals surface area contributed by atoms with Crippen LogP contribution in [0.5, 0.6) is 0 Å². The molecule has 2 aliphatic rings. The number of terminal acetylenes is 1. The molecule has 2 atom stereocenters. The molecule has 0 saturated carbocycles. The molecule has 0 bridgehead atoms. The minimum atomic E-state index is -0.243. The maximum absolute atomic E-state index is 13.7. The number of carbonyl (C=O) groups excluding carboxylic acids is 1. The number of allylic oxidation sites excluding steroid dienone is 4. The molecule has 1 aromatic rings. The van der Waals surface area contributed by atoms with Crippen LogP contribution in [0.4, 0.5) is 4.39 Å². The first-order valence-electron chi connectivity index (χ1n) is 9.19. The number of nitrogens with one attached hydrogen (secondary N) is 1. The first-order chi connectivity index (χ1) is 13.0. The number of amides is 1. The van der Waals surface area contributed by atoms with E-state index < -0.39 is 0 Å². The van der Waals surface area contributed by atoms with E-state index in [2.05, 4.69) is 16.4 Å². The average Bonchev–Trinajstić information content (AvgIpc) is 3.10. The van der Waals surface area contributed by atoms with Crippen molar-refractivity contribution in [3.8, 4) is 12.3 Å². The molecule has 1 amide bonds. The Morgan fingerprint density at radius 1 is 1.41 bits per heavy atom. The zero-order chi connectivity index (χ0) is 19.4. The Balaban J connectivity index is 1.65. The van der Waals surface area contributed by atoms with Crippen molar-refractivity contribution in [2.75, 3.05) is 6.54 Å². The lowest BCUT2D eigenvalue weighted by atomic mass is 9.87. The molecule has 27 heavy (non-hydrogen) atoms. The molecule has 2 aliphatic heterocycles. The fourth-order valence-corrected chi connectivity index (χ4v) is 3.75. The van der Waals surface area contributed by atoms with E-state index in [1.807, 2.05) is 37.0 Å². The summed E-state index contributed by atoms with van der Waals surface area (Å²) < 4.78 is 13.7. The highest BCUT2D eigenvalue weighted by molar-refractivity contribution is 6.04. The SMILES string of the molecule is C#C/C=C(\C=C/C)C1=NNC(N2CCC(c3cc(C)cc(F)c3)CC2=O)C1. The van der Waals surface area contributed by atoms with Gasteiger partial charge in [0.25, 0.3) is 0 Å². The Morgan fingerprint density at radius 3 is 2.89 bits per heavy atom. The number of halogens is 1. The highest BCUT2D eigenvalue weighted by Gasteiger charge is 2.34. The molecule has 0 aromatic heterocycles. The van der Waals surface area contributed by atoms with E-state index in [1.54, 1.807) is 12.1 Å². The molecule has 4 nitrogen and oxygen atoms in total. The summed E-state index contributed by atoms with van der Waals surface area (Å²) in [5.74, 6) is 2.41. The lowest BCUT2D eigenvalue weighted by Gasteiger charge is -2.35. The number of hydrogen-bond acceptors (Lipinski definition) is 3. The van der Waals surface area contributed by atoms with Crippen LogP contribution in [0.25, 0.3) is 0 Å². The van der Waals surface area contributed by atoms with E-state index in [0.717, 1.165) is 28.8 Å². The van der Waals surface area contributed by atoms with Gasteiger partial charge < -0.3 is 4.90 Å². The van der Waals surface area contributed by atoms with E-state index in [4.69, 9.17) is 6.42 Å². The topological polar surface area (TPSA) is 44.7 Å². The minimum absolute atomic E-state index is 0.0601. The van der Waals surface area contributed by atoms with Gasteiger partial charge in [0.1, 0.15) is 12.0 Å². The van der Waals surface area contributed by atoms with Crippen molar-refractivity contribution < 1.29 is 9.18 Å². The van der Waals surface area contributed by atoms with Crippen LogP contribution in [0, 0.1) is 25.1 Å². The second-order valence-electron chi connectivity index (χ2n) is 7.01. The predicted molar refractivity (Wildman–Crippen MR) is 106 cm³/mol. The van der Waals surface area contributed by atoms with Crippen molar-refractivity contribution in [1.29, 1.82) is 0 Å². The summed E-state index contributed by atoms with van der Waals surface area (Å²) in [5, 5.41) is 4.37. The average molecular weight is 365 g/mol. The summed E-state index contributed by atoms with van der Waals surface area (Å²) >= 11 is 0. The van der Waals surface area contributed by atoms with Gasteiger partial charge in [-0.3, -0.25) is 10.2 Å². The Bertz CT molecular complexity index is 843. The van der Waals surface area contributed by atoms with Gasteiger partial charge in [0, 0.05) is 25.0 Å². The van der Waals surface area contributed by atoms with Gasteiger partial charge in [-0.25, -0.2) is 4.39 Å². The third-order valence-corrected chi connectivity index (χ3v) is 5.03. The van der Waals surface area contributed by atoms with Gasteiger partial charge >= 0.3 is 0 Å². The Hall–Kier alpha value is -2.87. The molecule has 0 spiro atoms. The fourth-order valence-electron chi connectivity index (χ4n) is 3.75. The third kappa shape index (κ3) is 4.28. The number of carbonyl (C=O) groups is 1. The Labute approximate surface area is 159 Å². The summed E-state index contributed by atoms with van der Waals surface area (Å²) in [6.45, 7) is 4.42. The Morgan fingerprint density at radius 2 is 2.22 bits per heavy atom. The van der Waals surface area contributed by atoms with Gasteiger partial charge in [-0.2, -0.15) is 5.10 Å². The predicted octanol–water partition coefficient (Wildman–Crippen LogP) is 3.65. The van der Waals surface area contributed by atoms with Gasteiger partial charge in [-0.1, -0.05) is 24.1 Å². The summed E-state index contributed by atoms with van der Waals surface area (Å²) in [6, 6.07) is 5.02. The van der Waals surface area contributed by atoms with Gasteiger partial charge in [0.2, 0.25) is 5.91 Å². The smallest absolute Gasteiger partial charge is 0.224 e. The van der Waals surface area contributed by atoms with Crippen molar-refractivity contribution >= 4 is 11.6 Å². The van der Waals surface area contributed by atoms with Crippen LogP contribution in [0.2, 0.25) is 0 Å². The van der Waals surface area contributed by atoms with Gasteiger partial charge in [-0.05, 0) is 55.5 Å². The highest BCUT2D eigenvalue weighted by Crippen LogP contribution is 2.31. The maximum Gasteiger partial charge on any atom is 0.224 e. The first kappa shape index (κ1) is 18.9. The lowest BCUT2D eigenvalue weighted by Crippen LogP contribution is -2.49. The van der Waals surface area contributed by atoms with E-state index >= 15 is 0 Å². The molecule has 1 aromatic carbocycles. The third-order valence-electron chi connectivity index (χ3n) is 5.03. The molecule has 2 unspecified atom stereocenters. The quantitative estimate of drug-likeness (QED) is 0.654. The van der Waals surface area contributed by atoms with Crippen LogP contribution < -0.4 is 5.43 Å². The summed E-state index contributed by atoms with van der Waals surface area (Å²) in [5.41, 5.74) is 6.59. The maximum atomic E-state index is 13.7. The normalized spacial score (nSPS) is 23.3. The molecule has 1 N–H and O–H groups in total. The molecule has 0 radical (unpaired) electrons. The summed E-state index contributed by atoms with van der Waals surface area (Å²) in [7, 11) is 0. The zero-order valence-corrected chi connectivity index (χ0v) is 15.7. The van der Waals surface area contributed by atoms with E-state index in [1.165, 1.54) is 6.07 Å². The molecule has 5 heteroatoms. The standard InChI is InChI=1S/C22H24FN3O/c1-4-6-16(7-5-2)20-14-21(25-24-20)26-9-8-17(13-22(26)27)18-10-15(3)11-19(23)12-18/h1,5-7,10-12,17,21,25H,8-9,13-14H2,2-3H3/b7-5-,16-6+. The van der Waals surface area contributed by atoms with Gasteiger partial charge in [0.15, 0.2) is 0 Å². The van der Waals surface area contributed by atoms with Crippen LogP contribution in [0.15, 0.2) is 47.1 Å². The fraction of sp³-hybridized carbons (Fsp3) is 0.364. The largest absolute Gasteiger partial charge is 0.321 e. The second kappa shape index (κ2) is 8.22. The van der Waals surface area contributed by atoms with Crippen LogP contribution in [0.1, 0.15) is 43.2 Å². The molecule has 1 saturated heterocycles. The second-order valence-corrected chi connectivity index (χ2v) is 7.01. The van der Waals surface area contributed by atoms with Crippen LogP contribution in [0.3, 0.4) is 0 Å². The monoisotopic (exact) mass is 365 g/mol. The lowest BCUT2D eigenvalue weighted by molar-refractivity contribution is -0.136. The van der Waals surface area contributed by atoms with Crippen molar-refractivity contribution in [3.63, 3.8) is 0 Å². The van der Waals surface area contributed by atoms with Gasteiger partial charge in [-0.15, -0.1) is 6.42 Å². The van der Waals surface area contributed by atoms with E-state index in [0.29, 0.717) is 19.4 Å². The highest BCUT2D eigenvalue weighted by atomic mass is 19.1. The molecule has 2 heterocycles. The summed E-state index contributed by atoms with van der Waals surface area (Å²) in [6.07, 6.45) is 12.6. The zero-order valence-electron chi connectivity index (χ0n) is 15.7. The molecule has 1 fully saturated rings. The number of rotatable bonds is 4. The molecular weight excluding hydrogens is 341 g/mol. The number of benzene rings is 1. The molecule has 3 rings (SSSR count). The summed E-state index contributed by atoms with van der Waals surface area (Å²) in [4.78, 5) is 14.6. The van der Waals surface area contributed by atoms with Crippen LogP contribution >= 0.6 is 0 Å². The van der Waals surface area contributed by atoms with Crippen LogP contribution in [-0.2, 0) is 4.79 Å². The van der Waals surface area contributed by atoms with Crippen molar-refractivity contribution in [2.45, 2.75) is 45.2 Å². The number of hydrazone groups is 1. The number of hydrogen-bond donors (Lipinski definition) is 1. The number of piperidine rings is 1. The van der Waals surface area contributed by atoms with Crippen molar-refractivity contribution in [2.24, 2.45) is 5.10 Å². The minimum Gasteiger partial charge on any atom is -0.321 e. The number of likely N-dealkylation sites (tertiary alicyclic amines) is 1. The molecule has 140 valence electrons. The Kier molecular flexibility index (Phi) is 5.75. The molecule has 0 aliphatic carbocycles. The van der Waals surface area contributed by atoms with Crippen LogP contribution in [-0.4, -0.2) is 29.2 Å². The van der Waals surface area contributed by atoms with Crippen molar-refractivity contribution in [1.82, 2.24) is 10.3 Å². The van der Waals surface area contributed by atoms with Gasteiger partial charge in [0.05, 0.1) is 5.71 Å². The number of aryl methyl sites for hydroxylation is 1. The first-order valence-corrected chi connectivity index (χ1v) is 9.19. The number of nitrogens with zero attached hydrogens (tertiary/aromatic N) is 2. The van der Waals surface area contributed by atoms with Crippen molar-refractivity contribution in [3.05, 3.63) is 58.9 Å². The van der Waals surface area contributed by atoms with E-state index in [9.17, 15) is 9.18 Å². The van der Waals surface area contributed by atoms with E-state index in [-0.39, 0.29) is 23.8 Å².